The molecule has 0 saturated carbocycles. The summed E-state index contributed by atoms with van der Waals surface area (Å²) in [4.78, 5) is 27.5. The zero-order valence-corrected chi connectivity index (χ0v) is 19.8. The Bertz CT molecular complexity index is 1560. The molecule has 1 saturated heterocycles. The lowest BCUT2D eigenvalue weighted by Gasteiger charge is -2.37. The van der Waals surface area contributed by atoms with Crippen molar-refractivity contribution in [2.75, 3.05) is 23.7 Å². The number of ether oxygens (including phenoxy) is 1. The van der Waals surface area contributed by atoms with Crippen LogP contribution in [0.1, 0.15) is 44.3 Å². The van der Waals surface area contributed by atoms with Gasteiger partial charge in [0.25, 0.3) is 0 Å². The quantitative estimate of drug-likeness (QED) is 0.173. The molecule has 2 heterocycles. The molecule has 2 aliphatic heterocycles. The minimum absolute atomic E-state index is 0.0382. The summed E-state index contributed by atoms with van der Waals surface area (Å²) in [5.74, 6) is 9.83. The summed E-state index contributed by atoms with van der Waals surface area (Å²) < 4.78 is 6.16. The first-order valence-corrected chi connectivity index (χ1v) is 11.9. The lowest BCUT2D eigenvalue weighted by Crippen LogP contribution is -2.54. The highest BCUT2D eigenvalue weighted by Crippen LogP contribution is 2.67. The van der Waals surface area contributed by atoms with Gasteiger partial charge in [-0.2, -0.15) is 0 Å². The molecule has 4 aliphatic rings. The van der Waals surface area contributed by atoms with E-state index in [2.05, 4.69) is 34.3 Å². The smallest absolute Gasteiger partial charge is 0.198 e. The Morgan fingerprint density at radius 3 is 2.59 bits per heavy atom. The van der Waals surface area contributed by atoms with Gasteiger partial charge in [0.15, 0.2) is 28.9 Å². The van der Waals surface area contributed by atoms with Crippen LogP contribution in [0.25, 0.3) is 0 Å². The second kappa shape index (κ2) is 7.94. The minimum Gasteiger partial charge on any atom is -0.507 e. The van der Waals surface area contributed by atoms with E-state index in [-0.39, 0.29) is 33.5 Å². The normalized spacial score (nSPS) is 28.5. The number of phenols is 1. The molecule has 2 bridgehead atoms. The molecule has 2 aromatic carbocycles. The van der Waals surface area contributed by atoms with Gasteiger partial charge in [0.2, 0.25) is 0 Å². The van der Waals surface area contributed by atoms with Crippen molar-refractivity contribution in [1.82, 2.24) is 0 Å². The summed E-state index contributed by atoms with van der Waals surface area (Å²) in [5.41, 5.74) is 3.75. The van der Waals surface area contributed by atoms with Crippen LogP contribution in [0.5, 0.6) is 5.75 Å². The molecule has 0 aromatic heterocycles. The number of aliphatic hydroxyl groups is 2. The largest absolute Gasteiger partial charge is 0.507 e. The Morgan fingerprint density at radius 1 is 1.14 bits per heavy atom. The fourth-order valence-corrected chi connectivity index (χ4v) is 5.77. The molecule has 0 radical (unpaired) electrons. The van der Waals surface area contributed by atoms with Crippen molar-refractivity contribution in [3.63, 3.8) is 0 Å². The highest BCUT2D eigenvalue weighted by atomic mass is 16.7. The van der Waals surface area contributed by atoms with E-state index in [0.29, 0.717) is 18.8 Å². The number of aliphatic hydroxyl groups excluding tert-OH is 2. The number of carbonyl (C=O) groups excluding carboxylic acids is 2. The van der Waals surface area contributed by atoms with Gasteiger partial charge in [-0.15, -0.1) is 0 Å². The van der Waals surface area contributed by atoms with Crippen LogP contribution in [0.2, 0.25) is 0 Å². The van der Waals surface area contributed by atoms with Gasteiger partial charge < -0.3 is 36.4 Å². The third kappa shape index (κ3) is 2.91. The standard InChI is InChI=1S/C28H23N3O6/c1-14(32)27-20-6-4-2-3-5-7-21(34)28(27,37-27)18-13-19(33)22-23(24(18)31-20)25(35)16-9-8-15(30-11-10-29)12-17(16)26(22)36/h2-3,8-9,12-14,20-21,30-34H,10-11,29H2,1H3/t14-,20+,21-,27+,28+/m1/s1. The first-order valence-electron chi connectivity index (χ1n) is 11.9. The molecule has 5 atom stereocenters. The van der Waals surface area contributed by atoms with Gasteiger partial charge in [-0.1, -0.05) is 23.7 Å². The average Bonchev–Trinajstić information content (AvgIpc) is 3.61. The van der Waals surface area contributed by atoms with Crippen molar-refractivity contribution < 1.29 is 29.6 Å². The van der Waals surface area contributed by atoms with Crippen LogP contribution in [0, 0.1) is 23.7 Å². The van der Waals surface area contributed by atoms with E-state index in [4.69, 9.17) is 10.5 Å². The number of nitrogens with one attached hydrogen (secondary N) is 2. The maximum Gasteiger partial charge on any atom is 0.198 e. The Balaban J connectivity index is 1.59. The monoisotopic (exact) mass is 497 g/mol. The zero-order chi connectivity index (χ0) is 26.1. The zero-order valence-electron chi connectivity index (χ0n) is 19.8. The van der Waals surface area contributed by atoms with E-state index in [1.807, 2.05) is 0 Å². The average molecular weight is 498 g/mol. The summed E-state index contributed by atoms with van der Waals surface area (Å²) in [6, 6.07) is 5.24. The Morgan fingerprint density at radius 2 is 1.86 bits per heavy atom. The maximum absolute atomic E-state index is 13.8. The van der Waals surface area contributed by atoms with Gasteiger partial charge >= 0.3 is 0 Å². The van der Waals surface area contributed by atoms with E-state index in [9.17, 15) is 24.9 Å². The highest BCUT2D eigenvalue weighted by molar-refractivity contribution is 6.31. The number of hydrogen-bond donors (Lipinski definition) is 6. The van der Waals surface area contributed by atoms with E-state index in [0.717, 1.165) is 0 Å². The Labute approximate surface area is 212 Å². The van der Waals surface area contributed by atoms with Crippen molar-refractivity contribution in [2.24, 2.45) is 5.73 Å². The predicted octanol–water partition coefficient (Wildman–Crippen LogP) is 0.615. The maximum atomic E-state index is 13.8. The van der Waals surface area contributed by atoms with Gasteiger partial charge in [-0.05, 0) is 43.3 Å². The Kier molecular flexibility index (Phi) is 5.00. The summed E-state index contributed by atoms with van der Waals surface area (Å²) in [7, 11) is 0. The van der Waals surface area contributed by atoms with Crippen LogP contribution >= 0.6 is 0 Å². The number of ketones is 2. The first kappa shape index (κ1) is 23.3. The number of nitrogens with two attached hydrogens (primary N) is 1. The van der Waals surface area contributed by atoms with Crippen molar-refractivity contribution in [1.29, 1.82) is 0 Å². The van der Waals surface area contributed by atoms with Gasteiger partial charge in [0.1, 0.15) is 11.8 Å². The van der Waals surface area contributed by atoms with Crippen LogP contribution in [-0.2, 0) is 10.3 Å². The second-order valence-electron chi connectivity index (χ2n) is 9.40. The first-order chi connectivity index (χ1) is 17.8. The lowest BCUT2D eigenvalue weighted by atomic mass is 9.69. The third-order valence-corrected chi connectivity index (χ3v) is 7.43. The summed E-state index contributed by atoms with van der Waals surface area (Å²) in [6.07, 6.45) is 0.463. The minimum atomic E-state index is -1.59. The van der Waals surface area contributed by atoms with Gasteiger partial charge in [-0.3, -0.25) is 9.59 Å². The number of carbonyl (C=O) groups is 2. The van der Waals surface area contributed by atoms with Crippen LogP contribution in [0.3, 0.4) is 0 Å². The second-order valence-corrected chi connectivity index (χ2v) is 9.40. The summed E-state index contributed by atoms with van der Waals surface area (Å²) >= 11 is 0. The molecular formula is C28H23N3O6. The van der Waals surface area contributed by atoms with E-state index < -0.39 is 46.8 Å². The van der Waals surface area contributed by atoms with Gasteiger partial charge in [0, 0.05) is 35.5 Å². The topological polar surface area (TPSA) is 157 Å². The molecule has 6 rings (SSSR count). The Hall–Kier alpha value is -4.12. The molecule has 0 unspecified atom stereocenters. The predicted molar refractivity (Wildman–Crippen MR) is 134 cm³/mol. The molecule has 37 heavy (non-hydrogen) atoms. The van der Waals surface area contributed by atoms with Crippen LogP contribution < -0.4 is 16.4 Å². The number of benzene rings is 2. The molecule has 0 amide bonds. The van der Waals surface area contributed by atoms with Crippen LogP contribution in [0.15, 0.2) is 36.4 Å². The lowest BCUT2D eigenvalue weighted by molar-refractivity contribution is 0.0867. The number of hydrogen-bond acceptors (Lipinski definition) is 9. The molecule has 186 valence electrons. The van der Waals surface area contributed by atoms with E-state index in [1.165, 1.54) is 25.1 Å². The van der Waals surface area contributed by atoms with Gasteiger partial charge in [-0.25, -0.2) is 0 Å². The summed E-state index contributed by atoms with van der Waals surface area (Å²) in [6.45, 7) is 2.39. The molecule has 2 aromatic rings. The van der Waals surface area contributed by atoms with Crippen LogP contribution in [-0.4, -0.2) is 63.8 Å². The van der Waals surface area contributed by atoms with E-state index >= 15 is 0 Å². The van der Waals surface area contributed by atoms with E-state index in [1.54, 1.807) is 18.2 Å². The van der Waals surface area contributed by atoms with Crippen molar-refractivity contribution >= 4 is 22.9 Å². The number of phenolic OH excluding ortho intramolecular Hbond substituents is 1. The number of fused-ring (bicyclic) bond motifs is 4. The molecule has 9 heteroatoms. The van der Waals surface area contributed by atoms with Crippen molar-refractivity contribution in [3.8, 4) is 29.4 Å². The number of allylic oxidation sites excluding steroid dienone is 2. The number of aromatic hydroxyl groups is 1. The number of rotatable bonds is 4. The fraction of sp³-hybridized carbons (Fsp3) is 0.286. The molecule has 7 N–H and O–H groups in total. The van der Waals surface area contributed by atoms with Gasteiger partial charge in [0.05, 0.1) is 22.9 Å². The summed E-state index contributed by atoms with van der Waals surface area (Å²) in [5, 5.41) is 39.4. The number of anilines is 2. The van der Waals surface area contributed by atoms with Crippen molar-refractivity contribution in [2.45, 2.75) is 36.4 Å². The fourth-order valence-electron chi connectivity index (χ4n) is 5.77. The third-order valence-electron chi connectivity index (χ3n) is 7.43. The molecular weight excluding hydrogens is 474 g/mol. The SMILES string of the molecule is C[C@@H](O)[C@@]12O[C@]13c1cc(O)c4c(c1N[C@H]2C#CC=CC#C[C@H]3O)C(=O)c1ccc(NCCN)cc1C4=O. The number of epoxide rings is 1. The molecule has 2 aliphatic carbocycles. The molecule has 1 fully saturated rings. The molecule has 0 spiro atoms. The highest BCUT2D eigenvalue weighted by Gasteiger charge is 2.82. The van der Waals surface area contributed by atoms with Crippen molar-refractivity contribution in [3.05, 3.63) is 64.2 Å². The van der Waals surface area contributed by atoms with Crippen LogP contribution in [0.4, 0.5) is 11.4 Å². The molecule has 9 nitrogen and oxygen atoms in total.